The molecule has 2 heteroatoms. The topological polar surface area (TPSA) is 3.24 Å². The molecule has 0 aromatic carbocycles. The van der Waals surface area contributed by atoms with Crippen LogP contribution < -0.4 is 0 Å². The van der Waals surface area contributed by atoms with Crippen LogP contribution >= 0.6 is 0 Å². The van der Waals surface area contributed by atoms with Crippen molar-refractivity contribution >= 4 is 24.7 Å². The van der Waals surface area contributed by atoms with Crippen LogP contribution in [0.3, 0.4) is 0 Å². The number of hydrogen-bond donors (Lipinski definition) is 0. The third kappa shape index (κ3) is 2.98. The number of hydrogen-bond acceptors (Lipinski definition) is 1. The second-order valence-corrected chi connectivity index (χ2v) is 4.34. The fourth-order valence-electron chi connectivity index (χ4n) is 0.596. The van der Waals surface area contributed by atoms with Crippen LogP contribution in [-0.2, 0) is 0 Å². The molecule has 0 saturated carbocycles. The van der Waals surface area contributed by atoms with Crippen molar-refractivity contribution in [2.24, 2.45) is 0 Å². The molecule has 8 heavy (non-hydrogen) atoms. The second kappa shape index (κ2) is 3.78. The molecule has 0 heterocycles. The van der Waals surface area contributed by atoms with E-state index in [0.29, 0.717) is 0 Å². The van der Waals surface area contributed by atoms with E-state index in [1.807, 2.05) is 0 Å². The summed E-state index contributed by atoms with van der Waals surface area (Å²) in [7, 11) is 0. The summed E-state index contributed by atoms with van der Waals surface area (Å²) < 4.78 is 2.46. The van der Waals surface area contributed by atoms with Gasteiger partial charge in [-0.15, -0.1) is 0 Å². The first-order valence-corrected chi connectivity index (χ1v) is 4.56. The standard InChI is InChI=1S/C6H14N.In/c1-5(2)7-6(3)4;/h5-6H,1-4H3;/q-1;+1. The summed E-state index contributed by atoms with van der Waals surface area (Å²) in [6.07, 6.45) is 0. The summed E-state index contributed by atoms with van der Waals surface area (Å²) in [5, 5.41) is 0. The van der Waals surface area contributed by atoms with Gasteiger partial charge in [0, 0.05) is 0 Å². The molecule has 1 nitrogen and oxygen atoms in total. The van der Waals surface area contributed by atoms with E-state index in [1.54, 1.807) is 0 Å². The van der Waals surface area contributed by atoms with E-state index >= 15 is 0 Å². The molecule has 2 radical (unpaired) electrons. The van der Waals surface area contributed by atoms with Gasteiger partial charge in [-0.1, -0.05) is 0 Å². The second-order valence-electron chi connectivity index (χ2n) is 2.63. The summed E-state index contributed by atoms with van der Waals surface area (Å²) in [5.41, 5.74) is 0. The van der Waals surface area contributed by atoms with Gasteiger partial charge in [-0.05, 0) is 0 Å². The molecule has 0 bridgehead atoms. The fraction of sp³-hybridized carbons (Fsp3) is 1.00. The zero-order valence-electron chi connectivity index (χ0n) is 6.18. The van der Waals surface area contributed by atoms with Crippen molar-refractivity contribution in [1.82, 2.24) is 2.89 Å². The van der Waals surface area contributed by atoms with Crippen LogP contribution in [0.1, 0.15) is 27.7 Å². The Morgan fingerprint density at radius 2 is 1.25 bits per heavy atom. The molecule has 0 unspecified atom stereocenters. The Hall–Kier alpha value is 0.830. The number of nitrogens with zero attached hydrogens (tertiary/aromatic N) is 1. The fourth-order valence-corrected chi connectivity index (χ4v) is 0.596. The Morgan fingerprint density at radius 1 is 1.00 bits per heavy atom. The molecule has 0 spiro atoms. The zero-order chi connectivity index (χ0) is 6.73. The van der Waals surface area contributed by atoms with Crippen molar-refractivity contribution in [1.29, 1.82) is 0 Å². The molecule has 0 rings (SSSR count). The molecule has 0 aromatic heterocycles. The molecule has 0 aliphatic heterocycles. The van der Waals surface area contributed by atoms with E-state index in [2.05, 4.69) is 30.6 Å². The van der Waals surface area contributed by atoms with E-state index < -0.39 is 0 Å². The van der Waals surface area contributed by atoms with Crippen molar-refractivity contribution < 1.29 is 0 Å². The predicted molar refractivity (Wildman–Crippen MR) is 37.9 cm³/mol. The normalized spacial score (nSPS) is 11.9. The first-order valence-electron chi connectivity index (χ1n) is 3.08. The Balaban J connectivity index is 3.46. The van der Waals surface area contributed by atoms with E-state index in [-0.39, 0.29) is 0 Å². The zero-order valence-corrected chi connectivity index (χ0v) is 9.47. The molecular weight excluding hydrogens is 201 g/mol. The van der Waals surface area contributed by atoms with Crippen molar-refractivity contribution in [3.63, 3.8) is 0 Å². The Kier molecular flexibility index (Phi) is 4.17. The summed E-state index contributed by atoms with van der Waals surface area (Å²) in [4.78, 5) is 0. The molecule has 0 aliphatic rings. The van der Waals surface area contributed by atoms with Crippen LogP contribution in [0, 0.1) is 0 Å². The van der Waals surface area contributed by atoms with Crippen LogP contribution in [0.15, 0.2) is 0 Å². The predicted octanol–water partition coefficient (Wildman–Crippen LogP) is 1.19. The molecule has 0 atom stereocenters. The third-order valence-corrected chi connectivity index (χ3v) is 4.60. The minimum absolute atomic E-state index is 0.734. The molecule has 46 valence electrons. The first-order chi connectivity index (χ1) is 3.55. The molecule has 0 N–H and O–H groups in total. The quantitative estimate of drug-likeness (QED) is 0.668. The maximum atomic E-state index is 2.46. The summed E-state index contributed by atoms with van der Waals surface area (Å²) in [5.74, 6) is 0. The average Bonchev–Trinajstić information content (AvgIpc) is 1.64. The van der Waals surface area contributed by atoms with Gasteiger partial charge >= 0.3 is 67.3 Å². The van der Waals surface area contributed by atoms with Gasteiger partial charge in [0.2, 0.25) is 0 Å². The summed E-state index contributed by atoms with van der Waals surface area (Å²) in [6, 6.07) is 1.47. The van der Waals surface area contributed by atoms with Crippen molar-refractivity contribution in [3.8, 4) is 0 Å². The summed E-state index contributed by atoms with van der Waals surface area (Å²) >= 11 is 1.25. The third-order valence-electron chi connectivity index (χ3n) is 1.19. The Bertz CT molecular complexity index is 53.5. The monoisotopic (exact) mass is 215 g/mol. The van der Waals surface area contributed by atoms with Gasteiger partial charge in [0.05, 0.1) is 0 Å². The average molecular weight is 215 g/mol. The van der Waals surface area contributed by atoms with E-state index in [4.69, 9.17) is 0 Å². The van der Waals surface area contributed by atoms with Gasteiger partial charge in [-0.25, -0.2) is 0 Å². The summed E-state index contributed by atoms with van der Waals surface area (Å²) in [6.45, 7) is 8.96. The van der Waals surface area contributed by atoms with Crippen LogP contribution in [0.4, 0.5) is 0 Å². The van der Waals surface area contributed by atoms with Crippen LogP contribution in [-0.4, -0.2) is 39.6 Å². The van der Waals surface area contributed by atoms with Crippen LogP contribution in [0.25, 0.3) is 0 Å². The van der Waals surface area contributed by atoms with E-state index in [0.717, 1.165) is 12.1 Å². The number of rotatable bonds is 2. The molecule has 0 fully saturated rings. The van der Waals surface area contributed by atoms with Gasteiger partial charge in [0.1, 0.15) is 0 Å². The molecule has 0 aromatic rings. The van der Waals surface area contributed by atoms with Gasteiger partial charge in [-0.3, -0.25) is 0 Å². The van der Waals surface area contributed by atoms with E-state index in [1.165, 1.54) is 24.7 Å². The molecular formula is C6H14InN. The Labute approximate surface area is 67.4 Å². The van der Waals surface area contributed by atoms with Crippen molar-refractivity contribution in [2.75, 3.05) is 0 Å². The maximum absolute atomic E-state index is 2.46. The van der Waals surface area contributed by atoms with Gasteiger partial charge in [0.15, 0.2) is 0 Å². The molecule has 0 amide bonds. The van der Waals surface area contributed by atoms with Gasteiger partial charge in [0.25, 0.3) is 0 Å². The first kappa shape index (κ1) is 8.83. The molecule has 0 aliphatic carbocycles. The minimum atomic E-state index is 0.734. The van der Waals surface area contributed by atoms with Crippen molar-refractivity contribution in [2.45, 2.75) is 39.8 Å². The van der Waals surface area contributed by atoms with E-state index in [9.17, 15) is 0 Å². The van der Waals surface area contributed by atoms with Gasteiger partial charge in [-0.2, -0.15) is 0 Å². The SMILES string of the molecule is CC(C)[N]([In])C(C)C. The van der Waals surface area contributed by atoms with Crippen LogP contribution in [0.2, 0.25) is 0 Å². The molecule has 0 saturated heterocycles. The van der Waals surface area contributed by atoms with Crippen molar-refractivity contribution in [3.05, 3.63) is 0 Å². The Morgan fingerprint density at radius 3 is 1.25 bits per heavy atom. The van der Waals surface area contributed by atoms with Gasteiger partial charge < -0.3 is 0 Å². The van der Waals surface area contributed by atoms with Crippen LogP contribution in [0.5, 0.6) is 0 Å².